The molecular formula is C24H22BrN3O4. The molecule has 3 aromatic carbocycles. The molecular weight excluding hydrogens is 474 g/mol. The maximum Gasteiger partial charge on any atom is 0.329 e. The van der Waals surface area contributed by atoms with Crippen LogP contribution in [0.1, 0.15) is 18.1 Å². The summed E-state index contributed by atoms with van der Waals surface area (Å²) in [6.07, 6.45) is 1.42. The van der Waals surface area contributed by atoms with Crippen molar-refractivity contribution in [3.8, 4) is 11.5 Å². The third-order valence-electron chi connectivity index (χ3n) is 4.22. The third-order valence-corrected chi connectivity index (χ3v) is 4.71. The van der Waals surface area contributed by atoms with Gasteiger partial charge in [-0.05, 0) is 42.8 Å². The fraction of sp³-hybridized carbons (Fsp3) is 0.125. The molecule has 0 fully saturated rings. The van der Waals surface area contributed by atoms with E-state index in [0.717, 1.165) is 10.0 Å². The van der Waals surface area contributed by atoms with Gasteiger partial charge in [-0.1, -0.05) is 58.4 Å². The summed E-state index contributed by atoms with van der Waals surface area (Å²) in [5.74, 6) is -0.697. The fourth-order valence-electron chi connectivity index (χ4n) is 2.73. The largest absolute Gasteiger partial charge is 0.492 e. The minimum Gasteiger partial charge on any atom is -0.492 e. The van der Waals surface area contributed by atoms with Gasteiger partial charge in [0.1, 0.15) is 18.1 Å². The molecule has 0 atom stereocenters. The van der Waals surface area contributed by atoms with E-state index < -0.39 is 11.8 Å². The molecule has 8 heteroatoms. The highest BCUT2D eigenvalue weighted by Gasteiger charge is 2.15. The quantitative estimate of drug-likeness (QED) is 0.273. The van der Waals surface area contributed by atoms with Crippen molar-refractivity contribution in [2.24, 2.45) is 5.10 Å². The van der Waals surface area contributed by atoms with Crippen molar-refractivity contribution >= 4 is 39.6 Å². The van der Waals surface area contributed by atoms with Gasteiger partial charge in [-0.3, -0.25) is 9.59 Å². The number of amides is 2. The van der Waals surface area contributed by atoms with E-state index >= 15 is 0 Å². The number of carbonyl (C=O) groups excluding carboxylic acids is 2. The summed E-state index contributed by atoms with van der Waals surface area (Å²) in [4.78, 5) is 24.4. The Morgan fingerprint density at radius 3 is 2.47 bits per heavy atom. The normalized spacial score (nSPS) is 10.6. The Morgan fingerprint density at radius 2 is 1.69 bits per heavy atom. The van der Waals surface area contributed by atoms with Crippen LogP contribution >= 0.6 is 15.9 Å². The fourth-order valence-corrected chi connectivity index (χ4v) is 3.11. The van der Waals surface area contributed by atoms with Crippen molar-refractivity contribution in [2.45, 2.75) is 13.5 Å². The number of hydrogen-bond donors (Lipinski definition) is 2. The van der Waals surface area contributed by atoms with Gasteiger partial charge >= 0.3 is 11.8 Å². The van der Waals surface area contributed by atoms with Gasteiger partial charge in [-0.15, -0.1) is 0 Å². The Bertz CT molecular complexity index is 1100. The molecule has 0 aliphatic rings. The molecule has 0 radical (unpaired) electrons. The first-order valence-electron chi connectivity index (χ1n) is 9.89. The van der Waals surface area contributed by atoms with Crippen molar-refractivity contribution in [1.29, 1.82) is 0 Å². The summed E-state index contributed by atoms with van der Waals surface area (Å²) in [7, 11) is 0. The van der Waals surface area contributed by atoms with Gasteiger partial charge in [0, 0.05) is 10.0 Å². The van der Waals surface area contributed by atoms with E-state index in [1.165, 1.54) is 6.21 Å². The lowest BCUT2D eigenvalue weighted by Gasteiger charge is -2.10. The van der Waals surface area contributed by atoms with Gasteiger partial charge < -0.3 is 14.8 Å². The first-order valence-corrected chi connectivity index (χ1v) is 10.7. The Kier molecular flexibility index (Phi) is 8.39. The smallest absolute Gasteiger partial charge is 0.329 e. The molecule has 164 valence electrons. The average Bonchev–Trinajstić information content (AvgIpc) is 2.80. The number of nitrogens with one attached hydrogen (secondary N) is 2. The number of anilines is 1. The van der Waals surface area contributed by atoms with Crippen molar-refractivity contribution in [2.75, 3.05) is 11.9 Å². The molecule has 3 rings (SSSR count). The SMILES string of the molecule is CCOc1ccccc1NC(=O)C(=O)N/N=C\c1cc(Br)ccc1OCc1ccccc1. The Balaban J connectivity index is 1.62. The zero-order valence-corrected chi connectivity index (χ0v) is 19.0. The van der Waals surface area contributed by atoms with E-state index in [4.69, 9.17) is 9.47 Å². The summed E-state index contributed by atoms with van der Waals surface area (Å²) >= 11 is 3.41. The molecule has 0 bridgehead atoms. The van der Waals surface area contributed by atoms with Crippen LogP contribution in [-0.2, 0) is 16.2 Å². The summed E-state index contributed by atoms with van der Waals surface area (Å²) in [6.45, 7) is 2.65. The maximum absolute atomic E-state index is 12.2. The van der Waals surface area contributed by atoms with E-state index in [9.17, 15) is 9.59 Å². The van der Waals surface area contributed by atoms with E-state index in [0.29, 0.717) is 36.0 Å². The van der Waals surface area contributed by atoms with Gasteiger partial charge in [0.05, 0.1) is 18.5 Å². The predicted octanol–water partition coefficient (Wildman–Crippen LogP) is 4.52. The molecule has 3 aromatic rings. The van der Waals surface area contributed by atoms with Crippen LogP contribution in [0.2, 0.25) is 0 Å². The second-order valence-electron chi connectivity index (χ2n) is 6.54. The number of carbonyl (C=O) groups is 2. The number of para-hydroxylation sites is 2. The van der Waals surface area contributed by atoms with Crippen LogP contribution in [0.3, 0.4) is 0 Å². The molecule has 0 saturated heterocycles. The number of hydrazone groups is 1. The molecule has 0 spiro atoms. The van der Waals surface area contributed by atoms with Crippen molar-refractivity contribution in [3.05, 3.63) is 88.4 Å². The number of halogens is 1. The van der Waals surface area contributed by atoms with Crippen LogP contribution in [0.15, 0.2) is 82.4 Å². The average molecular weight is 496 g/mol. The maximum atomic E-state index is 12.2. The van der Waals surface area contributed by atoms with Gasteiger partial charge in [-0.2, -0.15) is 5.10 Å². The molecule has 0 heterocycles. The monoisotopic (exact) mass is 495 g/mol. The lowest BCUT2D eigenvalue weighted by Crippen LogP contribution is -2.32. The summed E-state index contributed by atoms with van der Waals surface area (Å²) in [5, 5.41) is 6.42. The van der Waals surface area contributed by atoms with Crippen LogP contribution < -0.4 is 20.2 Å². The second kappa shape index (κ2) is 11.7. The first-order chi connectivity index (χ1) is 15.6. The zero-order valence-electron chi connectivity index (χ0n) is 17.4. The highest BCUT2D eigenvalue weighted by atomic mass is 79.9. The van der Waals surface area contributed by atoms with E-state index in [2.05, 4.69) is 31.8 Å². The van der Waals surface area contributed by atoms with Gasteiger partial charge in [0.2, 0.25) is 0 Å². The highest BCUT2D eigenvalue weighted by molar-refractivity contribution is 9.10. The highest BCUT2D eigenvalue weighted by Crippen LogP contribution is 2.24. The van der Waals surface area contributed by atoms with Gasteiger partial charge in [-0.25, -0.2) is 5.43 Å². The van der Waals surface area contributed by atoms with Crippen LogP contribution in [0.25, 0.3) is 0 Å². The molecule has 0 aliphatic heterocycles. The molecule has 2 amide bonds. The lowest BCUT2D eigenvalue weighted by atomic mass is 10.2. The lowest BCUT2D eigenvalue weighted by molar-refractivity contribution is -0.136. The number of ether oxygens (including phenoxy) is 2. The molecule has 0 aliphatic carbocycles. The molecule has 0 aromatic heterocycles. The van der Waals surface area contributed by atoms with Crippen molar-refractivity contribution < 1.29 is 19.1 Å². The Morgan fingerprint density at radius 1 is 0.938 bits per heavy atom. The summed E-state index contributed by atoms with van der Waals surface area (Å²) in [6, 6.07) is 22.1. The number of hydrogen-bond acceptors (Lipinski definition) is 5. The predicted molar refractivity (Wildman–Crippen MR) is 127 cm³/mol. The van der Waals surface area contributed by atoms with E-state index in [1.54, 1.807) is 36.4 Å². The number of nitrogens with zero attached hydrogens (tertiary/aromatic N) is 1. The van der Waals surface area contributed by atoms with Crippen LogP contribution in [0.4, 0.5) is 5.69 Å². The minimum atomic E-state index is -0.908. The van der Waals surface area contributed by atoms with Crippen LogP contribution in [-0.4, -0.2) is 24.6 Å². The minimum absolute atomic E-state index is 0.386. The zero-order chi connectivity index (χ0) is 22.8. The molecule has 0 saturated carbocycles. The van der Waals surface area contributed by atoms with Crippen molar-refractivity contribution in [3.63, 3.8) is 0 Å². The van der Waals surface area contributed by atoms with Crippen LogP contribution in [0.5, 0.6) is 11.5 Å². The molecule has 7 nitrogen and oxygen atoms in total. The molecule has 2 N–H and O–H groups in total. The molecule has 0 unspecified atom stereocenters. The van der Waals surface area contributed by atoms with Crippen LogP contribution in [0, 0.1) is 0 Å². The summed E-state index contributed by atoms with van der Waals surface area (Å²) < 4.78 is 12.1. The molecule has 32 heavy (non-hydrogen) atoms. The van der Waals surface area contributed by atoms with Gasteiger partial charge in [0.15, 0.2) is 0 Å². The second-order valence-corrected chi connectivity index (χ2v) is 7.45. The Labute approximate surface area is 194 Å². The van der Waals surface area contributed by atoms with Gasteiger partial charge in [0.25, 0.3) is 0 Å². The number of rotatable bonds is 8. The van der Waals surface area contributed by atoms with Crippen molar-refractivity contribution in [1.82, 2.24) is 5.43 Å². The Hall–Kier alpha value is -3.65. The van der Waals surface area contributed by atoms with E-state index in [-0.39, 0.29) is 0 Å². The first kappa shape index (κ1) is 23.0. The topological polar surface area (TPSA) is 89.0 Å². The van der Waals surface area contributed by atoms with E-state index in [1.807, 2.05) is 43.3 Å². The third kappa shape index (κ3) is 6.68. The number of benzene rings is 3. The standard InChI is InChI=1S/C24H22BrN3O4/c1-2-31-22-11-7-6-10-20(22)27-23(29)24(30)28-26-15-18-14-19(25)12-13-21(18)32-16-17-8-4-3-5-9-17/h3-15H,2,16H2,1H3,(H,27,29)(H,28,30)/b26-15-. The summed E-state index contributed by atoms with van der Waals surface area (Å²) in [5.41, 5.74) is 4.30.